The molecule has 0 aliphatic heterocycles. The second kappa shape index (κ2) is 7.48. The van der Waals surface area contributed by atoms with Crippen LogP contribution in [0.1, 0.15) is 12.7 Å². The molecular formula is C16H15F3N2O5. The van der Waals surface area contributed by atoms with Crippen LogP contribution in [-0.4, -0.2) is 29.8 Å². The summed E-state index contributed by atoms with van der Waals surface area (Å²) in [6.45, 7) is 1.11. The van der Waals surface area contributed by atoms with Crippen LogP contribution in [0.15, 0.2) is 47.1 Å². The van der Waals surface area contributed by atoms with E-state index in [0.29, 0.717) is 0 Å². The van der Waals surface area contributed by atoms with Crippen molar-refractivity contribution in [3.05, 3.63) is 48.4 Å². The molecule has 1 unspecified atom stereocenters. The Kier molecular flexibility index (Phi) is 5.56. The molecule has 10 heteroatoms. The van der Waals surface area contributed by atoms with Crippen molar-refractivity contribution in [2.75, 3.05) is 11.9 Å². The molecule has 2 rings (SSSR count). The van der Waals surface area contributed by atoms with Crippen LogP contribution < -0.4 is 15.4 Å². The molecule has 0 fully saturated rings. The SMILES string of the molecule is CC(O)(CNC(=O)C(=O)Nc1ccc(OC(F)(F)F)cc1)c1ccco1. The number of benzene rings is 1. The van der Waals surface area contributed by atoms with Crippen molar-refractivity contribution >= 4 is 17.5 Å². The highest BCUT2D eigenvalue weighted by Gasteiger charge is 2.31. The Morgan fingerprint density at radius 3 is 2.35 bits per heavy atom. The number of hydrogen-bond acceptors (Lipinski definition) is 5. The van der Waals surface area contributed by atoms with Gasteiger partial charge in [-0.15, -0.1) is 13.2 Å². The Labute approximate surface area is 145 Å². The second-order valence-corrected chi connectivity index (χ2v) is 5.46. The number of alkyl halides is 3. The van der Waals surface area contributed by atoms with Gasteiger partial charge in [0.15, 0.2) is 0 Å². The fourth-order valence-corrected chi connectivity index (χ4v) is 1.93. The summed E-state index contributed by atoms with van der Waals surface area (Å²) in [5.74, 6) is -2.34. The molecule has 0 aliphatic carbocycles. The smallest absolute Gasteiger partial charge is 0.466 e. The van der Waals surface area contributed by atoms with Crippen LogP contribution >= 0.6 is 0 Å². The summed E-state index contributed by atoms with van der Waals surface area (Å²) in [7, 11) is 0. The van der Waals surface area contributed by atoms with Crippen molar-refractivity contribution in [1.82, 2.24) is 5.32 Å². The minimum Gasteiger partial charge on any atom is -0.466 e. The number of rotatable bonds is 5. The second-order valence-electron chi connectivity index (χ2n) is 5.46. The van der Waals surface area contributed by atoms with Gasteiger partial charge in [0.2, 0.25) is 0 Å². The predicted molar refractivity (Wildman–Crippen MR) is 83.0 cm³/mol. The van der Waals surface area contributed by atoms with Crippen molar-refractivity contribution in [2.45, 2.75) is 18.9 Å². The van der Waals surface area contributed by atoms with Crippen LogP contribution in [0.3, 0.4) is 0 Å². The van der Waals surface area contributed by atoms with Gasteiger partial charge in [-0.3, -0.25) is 9.59 Å². The molecule has 140 valence electrons. The van der Waals surface area contributed by atoms with Gasteiger partial charge in [-0.2, -0.15) is 0 Å². The Balaban J connectivity index is 1.88. The zero-order chi connectivity index (χ0) is 19.4. The number of ether oxygens (including phenoxy) is 1. The number of nitrogens with one attached hydrogen (secondary N) is 2. The number of anilines is 1. The van der Waals surface area contributed by atoms with Crippen molar-refractivity contribution in [3.8, 4) is 5.75 Å². The fraction of sp³-hybridized carbons (Fsp3) is 0.250. The molecular weight excluding hydrogens is 357 g/mol. The quantitative estimate of drug-likeness (QED) is 0.698. The van der Waals surface area contributed by atoms with Crippen LogP contribution in [0.5, 0.6) is 5.75 Å². The number of furan rings is 1. The van der Waals surface area contributed by atoms with Gasteiger partial charge in [0, 0.05) is 5.69 Å². The summed E-state index contributed by atoms with van der Waals surface area (Å²) >= 11 is 0. The first-order valence-corrected chi connectivity index (χ1v) is 7.28. The summed E-state index contributed by atoms with van der Waals surface area (Å²) in [6.07, 6.45) is -3.47. The molecule has 0 bridgehead atoms. The summed E-state index contributed by atoms with van der Waals surface area (Å²) in [5, 5.41) is 14.6. The Bertz CT molecular complexity index is 755. The molecule has 2 amide bonds. The van der Waals surface area contributed by atoms with Gasteiger partial charge in [0.25, 0.3) is 0 Å². The standard InChI is InChI=1S/C16H15F3N2O5/c1-15(24,12-3-2-8-25-12)9-20-13(22)14(23)21-10-4-6-11(7-5-10)26-16(17,18)19/h2-8,24H,9H2,1H3,(H,20,22)(H,21,23). The molecule has 0 saturated carbocycles. The Hall–Kier alpha value is -3.01. The summed E-state index contributed by atoms with van der Waals surface area (Å²) in [5.41, 5.74) is -1.42. The molecule has 7 nitrogen and oxygen atoms in total. The monoisotopic (exact) mass is 372 g/mol. The highest BCUT2D eigenvalue weighted by Crippen LogP contribution is 2.24. The van der Waals surface area contributed by atoms with Gasteiger partial charge in [0.1, 0.15) is 17.1 Å². The average Bonchev–Trinajstić information content (AvgIpc) is 3.08. The molecule has 3 N–H and O–H groups in total. The number of carbonyl (C=O) groups excluding carboxylic acids is 2. The van der Waals surface area contributed by atoms with Crippen molar-refractivity contribution in [3.63, 3.8) is 0 Å². The molecule has 0 radical (unpaired) electrons. The number of hydrogen-bond donors (Lipinski definition) is 3. The minimum absolute atomic E-state index is 0.0949. The zero-order valence-electron chi connectivity index (χ0n) is 13.5. The lowest BCUT2D eigenvalue weighted by atomic mass is 10.0. The van der Waals surface area contributed by atoms with Gasteiger partial charge in [-0.05, 0) is 43.3 Å². The van der Waals surface area contributed by atoms with E-state index in [1.807, 2.05) is 0 Å². The first-order valence-electron chi connectivity index (χ1n) is 7.28. The maximum absolute atomic E-state index is 12.1. The Morgan fingerprint density at radius 2 is 1.81 bits per heavy atom. The molecule has 1 aromatic heterocycles. The van der Waals surface area contributed by atoms with Gasteiger partial charge in [0.05, 0.1) is 12.8 Å². The van der Waals surface area contributed by atoms with E-state index in [1.165, 1.54) is 19.3 Å². The van der Waals surface area contributed by atoms with Gasteiger partial charge in [-0.25, -0.2) is 0 Å². The molecule has 1 heterocycles. The first-order chi connectivity index (χ1) is 12.1. The minimum atomic E-state index is -4.82. The normalized spacial score (nSPS) is 13.6. The van der Waals surface area contributed by atoms with E-state index in [9.17, 15) is 27.9 Å². The van der Waals surface area contributed by atoms with E-state index in [1.54, 1.807) is 6.07 Å². The lowest BCUT2D eigenvalue weighted by Gasteiger charge is -2.20. The molecule has 2 aromatic rings. The predicted octanol–water partition coefficient (Wildman–Crippen LogP) is 2.14. The number of aliphatic hydroxyl groups is 1. The lowest BCUT2D eigenvalue weighted by Crippen LogP contribution is -2.43. The van der Waals surface area contributed by atoms with Crippen molar-refractivity contribution in [1.29, 1.82) is 0 Å². The van der Waals surface area contributed by atoms with E-state index in [0.717, 1.165) is 24.3 Å². The van der Waals surface area contributed by atoms with Crippen molar-refractivity contribution in [2.24, 2.45) is 0 Å². The van der Waals surface area contributed by atoms with E-state index < -0.39 is 29.5 Å². The maximum Gasteiger partial charge on any atom is 0.573 e. The van der Waals surface area contributed by atoms with E-state index in [-0.39, 0.29) is 18.0 Å². The Morgan fingerprint density at radius 1 is 1.15 bits per heavy atom. The van der Waals surface area contributed by atoms with E-state index >= 15 is 0 Å². The number of halogens is 3. The van der Waals surface area contributed by atoms with E-state index in [2.05, 4.69) is 15.4 Å². The third-order valence-electron chi connectivity index (χ3n) is 3.20. The largest absolute Gasteiger partial charge is 0.573 e. The third-order valence-corrected chi connectivity index (χ3v) is 3.20. The van der Waals surface area contributed by atoms with Crippen LogP contribution in [0, 0.1) is 0 Å². The van der Waals surface area contributed by atoms with Crippen LogP contribution in [0.2, 0.25) is 0 Å². The fourth-order valence-electron chi connectivity index (χ4n) is 1.93. The number of amides is 2. The summed E-state index contributed by atoms with van der Waals surface area (Å²) in [4.78, 5) is 23.6. The van der Waals surface area contributed by atoms with Crippen LogP contribution in [0.4, 0.5) is 18.9 Å². The molecule has 1 atom stereocenters. The van der Waals surface area contributed by atoms with Gasteiger partial charge in [-0.1, -0.05) is 0 Å². The average molecular weight is 372 g/mol. The zero-order valence-corrected chi connectivity index (χ0v) is 13.5. The summed E-state index contributed by atoms with van der Waals surface area (Å²) in [6, 6.07) is 7.34. The lowest BCUT2D eigenvalue weighted by molar-refractivity contribution is -0.274. The first kappa shape index (κ1) is 19.3. The highest BCUT2D eigenvalue weighted by atomic mass is 19.4. The summed E-state index contributed by atoms with van der Waals surface area (Å²) < 4.78 is 44.9. The van der Waals surface area contributed by atoms with Crippen LogP contribution in [0.25, 0.3) is 0 Å². The topological polar surface area (TPSA) is 101 Å². The van der Waals surface area contributed by atoms with E-state index in [4.69, 9.17) is 4.42 Å². The molecule has 1 aromatic carbocycles. The third kappa shape index (κ3) is 5.52. The number of carbonyl (C=O) groups is 2. The van der Waals surface area contributed by atoms with Crippen LogP contribution in [-0.2, 0) is 15.2 Å². The maximum atomic E-state index is 12.1. The molecule has 0 aliphatic rings. The molecule has 26 heavy (non-hydrogen) atoms. The molecule has 0 saturated heterocycles. The highest BCUT2D eigenvalue weighted by molar-refractivity contribution is 6.39. The van der Waals surface area contributed by atoms with Gasteiger partial charge >= 0.3 is 18.2 Å². The van der Waals surface area contributed by atoms with Gasteiger partial charge < -0.3 is 24.9 Å². The van der Waals surface area contributed by atoms with Crippen molar-refractivity contribution < 1.29 is 37.0 Å². The molecule has 0 spiro atoms.